The van der Waals surface area contributed by atoms with Crippen molar-refractivity contribution in [3.63, 3.8) is 0 Å². The monoisotopic (exact) mass is 182 g/mol. The molecular formula is C4H4Cl2N2S. The van der Waals surface area contributed by atoms with E-state index in [1.807, 2.05) is 0 Å². The Morgan fingerprint density at radius 2 is 2.22 bits per heavy atom. The van der Waals surface area contributed by atoms with Crippen LogP contribution < -0.4 is 5.32 Å². The van der Waals surface area contributed by atoms with Crippen molar-refractivity contribution in [3.05, 3.63) is 9.49 Å². The molecule has 0 fully saturated rings. The molecular weight excluding hydrogens is 179 g/mol. The van der Waals surface area contributed by atoms with Crippen molar-refractivity contribution >= 4 is 40.4 Å². The molecule has 5 heteroatoms. The third-order valence-electron chi connectivity index (χ3n) is 0.859. The van der Waals surface area contributed by atoms with Gasteiger partial charge in [0.1, 0.15) is 10.0 Å². The fourth-order valence-electron chi connectivity index (χ4n) is 0.454. The SMILES string of the molecule is CNc1c(Cl)nsc1Cl. The van der Waals surface area contributed by atoms with Gasteiger partial charge in [0, 0.05) is 7.05 Å². The molecule has 0 aromatic carbocycles. The first-order chi connectivity index (χ1) is 4.25. The Labute approximate surface area is 67.0 Å². The van der Waals surface area contributed by atoms with Crippen molar-refractivity contribution in [1.82, 2.24) is 4.37 Å². The van der Waals surface area contributed by atoms with Crippen molar-refractivity contribution in [2.75, 3.05) is 12.4 Å². The molecule has 0 amide bonds. The van der Waals surface area contributed by atoms with E-state index in [4.69, 9.17) is 23.2 Å². The van der Waals surface area contributed by atoms with Crippen molar-refractivity contribution < 1.29 is 0 Å². The van der Waals surface area contributed by atoms with Gasteiger partial charge >= 0.3 is 0 Å². The van der Waals surface area contributed by atoms with Crippen LogP contribution in [0.2, 0.25) is 9.49 Å². The number of hydrogen-bond donors (Lipinski definition) is 1. The molecule has 0 saturated carbocycles. The summed E-state index contributed by atoms with van der Waals surface area (Å²) in [4.78, 5) is 0. The largest absolute Gasteiger partial charge is 0.384 e. The van der Waals surface area contributed by atoms with Crippen LogP contribution in [0.3, 0.4) is 0 Å². The van der Waals surface area contributed by atoms with Crippen LogP contribution in [0, 0.1) is 0 Å². The molecule has 0 aliphatic heterocycles. The third kappa shape index (κ3) is 1.28. The highest BCUT2D eigenvalue weighted by atomic mass is 35.5. The lowest BCUT2D eigenvalue weighted by atomic mass is 10.6. The predicted molar refractivity (Wildman–Crippen MR) is 41.7 cm³/mol. The lowest BCUT2D eigenvalue weighted by Crippen LogP contribution is -1.85. The van der Waals surface area contributed by atoms with E-state index in [9.17, 15) is 0 Å². The molecule has 1 rings (SSSR count). The van der Waals surface area contributed by atoms with Gasteiger partial charge in [-0.15, -0.1) is 0 Å². The molecule has 0 aliphatic carbocycles. The average Bonchev–Trinajstić information content (AvgIpc) is 2.12. The van der Waals surface area contributed by atoms with Crippen LogP contribution in [0.1, 0.15) is 0 Å². The number of aromatic nitrogens is 1. The van der Waals surface area contributed by atoms with Crippen molar-refractivity contribution in [3.8, 4) is 0 Å². The topological polar surface area (TPSA) is 24.9 Å². The molecule has 1 heterocycles. The minimum absolute atomic E-state index is 0.438. The van der Waals surface area contributed by atoms with Gasteiger partial charge in [0.05, 0.1) is 0 Å². The molecule has 9 heavy (non-hydrogen) atoms. The summed E-state index contributed by atoms with van der Waals surface area (Å²) in [7, 11) is 1.75. The number of rotatable bonds is 1. The van der Waals surface area contributed by atoms with Crippen LogP contribution >= 0.6 is 34.7 Å². The van der Waals surface area contributed by atoms with Crippen LogP contribution in [0.4, 0.5) is 5.69 Å². The van der Waals surface area contributed by atoms with Gasteiger partial charge in [-0.25, -0.2) is 0 Å². The summed E-state index contributed by atoms with van der Waals surface area (Å²) in [5.41, 5.74) is 0.711. The van der Waals surface area contributed by atoms with Gasteiger partial charge in [-0.3, -0.25) is 0 Å². The molecule has 1 N–H and O–H groups in total. The third-order valence-corrected chi connectivity index (χ3v) is 2.27. The van der Waals surface area contributed by atoms with E-state index in [1.54, 1.807) is 7.05 Å². The Balaban J connectivity index is 3.07. The number of hydrogen-bond acceptors (Lipinski definition) is 3. The fourth-order valence-corrected chi connectivity index (χ4v) is 1.68. The quantitative estimate of drug-likeness (QED) is 0.723. The molecule has 0 radical (unpaired) electrons. The maximum absolute atomic E-state index is 5.65. The van der Waals surface area contributed by atoms with E-state index in [-0.39, 0.29) is 0 Å². The maximum atomic E-state index is 5.65. The lowest BCUT2D eigenvalue weighted by Gasteiger charge is -1.92. The Morgan fingerprint density at radius 3 is 2.44 bits per heavy atom. The molecule has 1 aromatic heterocycles. The van der Waals surface area contributed by atoms with Gasteiger partial charge in [0.15, 0.2) is 5.15 Å². The second-order valence-corrected chi connectivity index (χ2v) is 3.11. The first-order valence-electron chi connectivity index (χ1n) is 2.24. The van der Waals surface area contributed by atoms with Crippen LogP contribution in [-0.2, 0) is 0 Å². The van der Waals surface area contributed by atoms with Crippen LogP contribution in [0.25, 0.3) is 0 Å². The molecule has 0 atom stereocenters. The maximum Gasteiger partial charge on any atom is 0.167 e. The summed E-state index contributed by atoms with van der Waals surface area (Å²) in [5.74, 6) is 0. The van der Waals surface area contributed by atoms with E-state index in [0.29, 0.717) is 15.2 Å². The normalized spacial score (nSPS) is 9.67. The van der Waals surface area contributed by atoms with E-state index in [1.165, 1.54) is 11.5 Å². The molecule has 1 aromatic rings. The predicted octanol–water partition coefficient (Wildman–Crippen LogP) is 2.49. The molecule has 0 aliphatic rings. The second-order valence-electron chi connectivity index (χ2n) is 1.37. The van der Waals surface area contributed by atoms with Gasteiger partial charge in [-0.2, -0.15) is 4.37 Å². The van der Waals surface area contributed by atoms with Crippen molar-refractivity contribution in [2.24, 2.45) is 0 Å². The first kappa shape index (κ1) is 7.12. The van der Waals surface area contributed by atoms with Crippen LogP contribution in [0.5, 0.6) is 0 Å². The summed E-state index contributed by atoms with van der Waals surface area (Å²) >= 11 is 12.4. The summed E-state index contributed by atoms with van der Waals surface area (Å²) in [6.07, 6.45) is 0. The highest BCUT2D eigenvalue weighted by Gasteiger charge is 2.06. The Hall–Kier alpha value is 0.01000. The Bertz CT molecular complexity index is 191. The van der Waals surface area contributed by atoms with Gasteiger partial charge in [-0.05, 0) is 11.5 Å². The van der Waals surface area contributed by atoms with Crippen molar-refractivity contribution in [2.45, 2.75) is 0 Å². The number of nitrogens with zero attached hydrogens (tertiary/aromatic N) is 1. The first-order valence-corrected chi connectivity index (χ1v) is 3.77. The molecule has 0 saturated heterocycles. The smallest absolute Gasteiger partial charge is 0.167 e. The van der Waals surface area contributed by atoms with Gasteiger partial charge in [0.25, 0.3) is 0 Å². The summed E-state index contributed by atoms with van der Waals surface area (Å²) in [6.45, 7) is 0. The average molecular weight is 183 g/mol. The van der Waals surface area contributed by atoms with E-state index in [2.05, 4.69) is 9.69 Å². The number of halogens is 2. The molecule has 0 spiro atoms. The minimum atomic E-state index is 0.438. The minimum Gasteiger partial charge on any atom is -0.384 e. The van der Waals surface area contributed by atoms with Crippen molar-refractivity contribution in [1.29, 1.82) is 0 Å². The van der Waals surface area contributed by atoms with Gasteiger partial charge in [-0.1, -0.05) is 23.2 Å². The zero-order chi connectivity index (χ0) is 6.85. The second kappa shape index (κ2) is 2.73. The highest BCUT2D eigenvalue weighted by molar-refractivity contribution is 7.11. The molecule has 50 valence electrons. The van der Waals surface area contributed by atoms with E-state index in [0.717, 1.165) is 0 Å². The van der Waals surface area contributed by atoms with Crippen LogP contribution in [-0.4, -0.2) is 11.4 Å². The molecule has 0 unspecified atom stereocenters. The number of nitrogens with one attached hydrogen (secondary N) is 1. The standard InChI is InChI=1S/C4H4Cl2N2S/c1-7-2-3(5)8-9-4(2)6/h7H,1H3. The Morgan fingerprint density at radius 1 is 1.56 bits per heavy atom. The van der Waals surface area contributed by atoms with E-state index >= 15 is 0 Å². The zero-order valence-electron chi connectivity index (χ0n) is 4.61. The summed E-state index contributed by atoms with van der Waals surface area (Å²) in [5, 5.41) is 3.27. The fraction of sp³-hybridized carbons (Fsp3) is 0.250. The zero-order valence-corrected chi connectivity index (χ0v) is 6.94. The molecule has 0 bridgehead atoms. The Kier molecular flexibility index (Phi) is 2.16. The van der Waals surface area contributed by atoms with Gasteiger partial charge < -0.3 is 5.32 Å². The van der Waals surface area contributed by atoms with E-state index < -0.39 is 0 Å². The summed E-state index contributed by atoms with van der Waals surface area (Å²) in [6, 6.07) is 0. The molecule has 2 nitrogen and oxygen atoms in total. The number of anilines is 1. The highest BCUT2D eigenvalue weighted by Crippen LogP contribution is 2.32. The van der Waals surface area contributed by atoms with Crippen LogP contribution in [0.15, 0.2) is 0 Å². The lowest BCUT2D eigenvalue weighted by molar-refractivity contribution is 1.49. The van der Waals surface area contributed by atoms with Gasteiger partial charge in [0.2, 0.25) is 0 Å². The summed E-state index contributed by atoms with van der Waals surface area (Å²) < 4.78 is 4.40.